The van der Waals surface area contributed by atoms with Crippen molar-refractivity contribution in [1.82, 2.24) is 10.2 Å². The average Bonchev–Trinajstić information content (AvgIpc) is 2.89. The monoisotopic (exact) mass is 196 g/mol. The topological polar surface area (TPSA) is 15.3 Å². The van der Waals surface area contributed by atoms with E-state index in [2.05, 4.69) is 31.1 Å². The van der Waals surface area contributed by atoms with Gasteiger partial charge in [-0.1, -0.05) is 13.8 Å². The summed E-state index contributed by atoms with van der Waals surface area (Å²) in [5.74, 6) is 2.89. The van der Waals surface area contributed by atoms with Crippen LogP contribution < -0.4 is 5.32 Å². The van der Waals surface area contributed by atoms with E-state index in [-0.39, 0.29) is 0 Å². The van der Waals surface area contributed by atoms with Crippen molar-refractivity contribution in [3.8, 4) is 0 Å². The minimum absolute atomic E-state index is 0.773. The van der Waals surface area contributed by atoms with Crippen molar-refractivity contribution in [1.29, 1.82) is 0 Å². The molecule has 0 aromatic rings. The van der Waals surface area contributed by atoms with Crippen LogP contribution in [0.5, 0.6) is 0 Å². The summed E-state index contributed by atoms with van der Waals surface area (Å²) in [6, 6.07) is 0.773. The SMILES string of the molecule is CC1CC1C(C)C1CCN(C)CCN1. The largest absolute Gasteiger partial charge is 0.312 e. The van der Waals surface area contributed by atoms with Crippen LogP contribution in [0.2, 0.25) is 0 Å². The van der Waals surface area contributed by atoms with Crippen LogP contribution in [0.1, 0.15) is 26.7 Å². The fourth-order valence-corrected chi connectivity index (χ4v) is 2.84. The lowest BCUT2D eigenvalue weighted by Gasteiger charge is -2.23. The van der Waals surface area contributed by atoms with Gasteiger partial charge in [0.1, 0.15) is 0 Å². The van der Waals surface area contributed by atoms with E-state index >= 15 is 0 Å². The predicted molar refractivity (Wildman–Crippen MR) is 60.3 cm³/mol. The summed E-state index contributed by atoms with van der Waals surface area (Å²) >= 11 is 0. The molecule has 1 aliphatic heterocycles. The number of nitrogens with one attached hydrogen (secondary N) is 1. The molecular weight excluding hydrogens is 172 g/mol. The molecule has 4 unspecified atom stereocenters. The molecule has 4 atom stereocenters. The Balaban J connectivity index is 1.84. The summed E-state index contributed by atoms with van der Waals surface area (Å²) in [6.45, 7) is 8.49. The van der Waals surface area contributed by atoms with Crippen LogP contribution in [0.15, 0.2) is 0 Å². The molecule has 0 spiro atoms. The molecule has 2 rings (SSSR count). The highest BCUT2D eigenvalue weighted by Crippen LogP contribution is 2.45. The normalized spacial score (nSPS) is 41.8. The van der Waals surface area contributed by atoms with Crippen molar-refractivity contribution in [2.24, 2.45) is 17.8 Å². The molecule has 0 aromatic carbocycles. The fourth-order valence-electron chi connectivity index (χ4n) is 2.84. The van der Waals surface area contributed by atoms with Crippen molar-refractivity contribution in [2.45, 2.75) is 32.7 Å². The molecule has 14 heavy (non-hydrogen) atoms. The van der Waals surface area contributed by atoms with E-state index in [1.807, 2.05) is 0 Å². The number of hydrogen-bond donors (Lipinski definition) is 1. The van der Waals surface area contributed by atoms with Crippen LogP contribution in [-0.2, 0) is 0 Å². The molecule has 0 radical (unpaired) electrons. The third kappa shape index (κ3) is 2.29. The standard InChI is InChI=1S/C12H24N2/c1-9-8-11(9)10(2)12-4-6-14(3)7-5-13-12/h9-13H,4-8H2,1-3H3. The highest BCUT2D eigenvalue weighted by Gasteiger charge is 2.40. The zero-order valence-corrected chi connectivity index (χ0v) is 9.79. The summed E-state index contributed by atoms with van der Waals surface area (Å²) in [5, 5.41) is 3.71. The summed E-state index contributed by atoms with van der Waals surface area (Å²) in [7, 11) is 2.23. The van der Waals surface area contributed by atoms with Gasteiger partial charge in [-0.05, 0) is 44.2 Å². The predicted octanol–water partition coefficient (Wildman–Crippen LogP) is 1.57. The number of likely N-dealkylation sites (N-methyl/N-ethyl adjacent to an activating group) is 1. The maximum Gasteiger partial charge on any atom is 0.0108 e. The highest BCUT2D eigenvalue weighted by molar-refractivity contribution is 4.92. The highest BCUT2D eigenvalue weighted by atomic mass is 15.1. The van der Waals surface area contributed by atoms with Gasteiger partial charge in [0.25, 0.3) is 0 Å². The van der Waals surface area contributed by atoms with Gasteiger partial charge in [0.15, 0.2) is 0 Å². The molecule has 0 aromatic heterocycles. The van der Waals surface area contributed by atoms with Gasteiger partial charge in [0, 0.05) is 19.1 Å². The van der Waals surface area contributed by atoms with Crippen LogP contribution in [0.25, 0.3) is 0 Å². The van der Waals surface area contributed by atoms with E-state index in [9.17, 15) is 0 Å². The summed E-state index contributed by atoms with van der Waals surface area (Å²) < 4.78 is 0. The Labute approximate surface area is 88.1 Å². The van der Waals surface area contributed by atoms with E-state index in [1.165, 1.54) is 32.5 Å². The molecule has 0 bridgehead atoms. The van der Waals surface area contributed by atoms with Gasteiger partial charge < -0.3 is 10.2 Å². The second-order valence-electron chi connectivity index (χ2n) is 5.39. The Morgan fingerprint density at radius 1 is 1.36 bits per heavy atom. The van der Waals surface area contributed by atoms with Crippen molar-refractivity contribution < 1.29 is 0 Å². The molecule has 1 N–H and O–H groups in total. The first kappa shape index (κ1) is 10.4. The lowest BCUT2D eigenvalue weighted by Crippen LogP contribution is -2.36. The molecule has 1 saturated heterocycles. The number of nitrogens with zero attached hydrogens (tertiary/aromatic N) is 1. The second-order valence-corrected chi connectivity index (χ2v) is 5.39. The van der Waals surface area contributed by atoms with Gasteiger partial charge in [0.2, 0.25) is 0 Å². The Bertz CT molecular complexity index is 193. The number of rotatable bonds is 2. The van der Waals surface area contributed by atoms with Gasteiger partial charge in [-0.2, -0.15) is 0 Å². The molecule has 2 fully saturated rings. The Hall–Kier alpha value is -0.0800. The summed E-state index contributed by atoms with van der Waals surface area (Å²) in [6.07, 6.45) is 2.80. The Morgan fingerprint density at radius 3 is 2.71 bits per heavy atom. The smallest absolute Gasteiger partial charge is 0.0108 e. The van der Waals surface area contributed by atoms with Crippen molar-refractivity contribution in [2.75, 3.05) is 26.7 Å². The Kier molecular flexibility index (Phi) is 3.13. The van der Waals surface area contributed by atoms with Gasteiger partial charge in [-0.25, -0.2) is 0 Å². The van der Waals surface area contributed by atoms with Crippen LogP contribution in [0.3, 0.4) is 0 Å². The van der Waals surface area contributed by atoms with E-state index in [4.69, 9.17) is 0 Å². The van der Waals surface area contributed by atoms with Gasteiger partial charge in [-0.3, -0.25) is 0 Å². The molecule has 2 heteroatoms. The summed E-state index contributed by atoms with van der Waals surface area (Å²) in [5.41, 5.74) is 0. The molecule has 0 amide bonds. The first-order valence-corrected chi connectivity index (χ1v) is 6.10. The van der Waals surface area contributed by atoms with Gasteiger partial charge in [-0.15, -0.1) is 0 Å². The fraction of sp³-hybridized carbons (Fsp3) is 1.00. The quantitative estimate of drug-likeness (QED) is 0.721. The van der Waals surface area contributed by atoms with Crippen LogP contribution in [0.4, 0.5) is 0 Å². The third-order valence-corrected chi connectivity index (χ3v) is 4.20. The van der Waals surface area contributed by atoms with Crippen LogP contribution >= 0.6 is 0 Å². The van der Waals surface area contributed by atoms with E-state index in [0.29, 0.717) is 0 Å². The van der Waals surface area contributed by atoms with Crippen LogP contribution in [0, 0.1) is 17.8 Å². The Morgan fingerprint density at radius 2 is 2.07 bits per heavy atom. The van der Waals surface area contributed by atoms with Gasteiger partial charge in [0.05, 0.1) is 0 Å². The first-order valence-electron chi connectivity index (χ1n) is 6.10. The van der Waals surface area contributed by atoms with E-state index < -0.39 is 0 Å². The molecule has 82 valence electrons. The maximum atomic E-state index is 3.71. The zero-order chi connectivity index (χ0) is 10.1. The zero-order valence-electron chi connectivity index (χ0n) is 9.79. The molecule has 2 nitrogen and oxygen atoms in total. The molecule has 1 saturated carbocycles. The lowest BCUT2D eigenvalue weighted by atomic mass is 9.93. The average molecular weight is 196 g/mol. The minimum Gasteiger partial charge on any atom is -0.312 e. The van der Waals surface area contributed by atoms with Crippen molar-refractivity contribution in [3.63, 3.8) is 0 Å². The van der Waals surface area contributed by atoms with Crippen molar-refractivity contribution in [3.05, 3.63) is 0 Å². The molecule has 2 aliphatic rings. The van der Waals surface area contributed by atoms with E-state index in [0.717, 1.165) is 23.8 Å². The maximum absolute atomic E-state index is 3.71. The lowest BCUT2D eigenvalue weighted by molar-refractivity contribution is 0.315. The number of hydrogen-bond acceptors (Lipinski definition) is 2. The van der Waals surface area contributed by atoms with Gasteiger partial charge >= 0.3 is 0 Å². The van der Waals surface area contributed by atoms with Crippen molar-refractivity contribution >= 4 is 0 Å². The third-order valence-electron chi connectivity index (χ3n) is 4.20. The molecular formula is C12H24N2. The minimum atomic E-state index is 0.773. The molecule has 1 aliphatic carbocycles. The first-order chi connectivity index (χ1) is 6.68. The second kappa shape index (κ2) is 4.19. The van der Waals surface area contributed by atoms with E-state index in [1.54, 1.807) is 0 Å². The summed E-state index contributed by atoms with van der Waals surface area (Å²) in [4.78, 5) is 2.44. The molecule has 1 heterocycles. The van der Waals surface area contributed by atoms with Crippen LogP contribution in [-0.4, -0.2) is 37.6 Å².